The van der Waals surface area contributed by atoms with Gasteiger partial charge in [0.05, 0.1) is 11.2 Å². The lowest BCUT2D eigenvalue weighted by molar-refractivity contribution is 0.728. The first-order valence-electron chi connectivity index (χ1n) is 9.11. The molecule has 0 saturated heterocycles. The number of aromatic amines is 1. The minimum absolute atomic E-state index is 0.242. The van der Waals surface area contributed by atoms with E-state index in [1.165, 1.54) is 18.4 Å². The molecule has 27 heavy (non-hydrogen) atoms. The third-order valence-electron chi connectivity index (χ3n) is 5.40. The van der Waals surface area contributed by atoms with Gasteiger partial charge in [-0.15, -0.1) is 10.2 Å². The largest absolute Gasteiger partial charge is 0.382 e. The number of nitrogens with one attached hydrogen (secondary N) is 2. The fourth-order valence-corrected chi connectivity index (χ4v) is 3.54. The van der Waals surface area contributed by atoms with Crippen molar-refractivity contribution in [1.29, 1.82) is 0 Å². The molecule has 2 aromatic heterocycles. The van der Waals surface area contributed by atoms with Crippen LogP contribution in [0.25, 0.3) is 22.2 Å². The molecule has 1 saturated carbocycles. The Labute approximate surface area is 156 Å². The Kier molecular flexibility index (Phi) is 3.57. The molecule has 2 heterocycles. The van der Waals surface area contributed by atoms with Crippen LogP contribution in [0.4, 0.5) is 11.6 Å². The Morgan fingerprint density at radius 3 is 2.59 bits per heavy atom. The molecule has 1 aliphatic rings. The van der Waals surface area contributed by atoms with Crippen LogP contribution in [0.1, 0.15) is 18.4 Å². The number of hydrogen-bond donors (Lipinski definition) is 3. The van der Waals surface area contributed by atoms with Crippen LogP contribution < -0.4 is 11.1 Å². The van der Waals surface area contributed by atoms with Crippen molar-refractivity contribution in [1.82, 2.24) is 20.4 Å². The van der Waals surface area contributed by atoms with E-state index in [9.17, 15) is 0 Å². The summed E-state index contributed by atoms with van der Waals surface area (Å²) >= 11 is 0. The van der Waals surface area contributed by atoms with Crippen molar-refractivity contribution in [2.24, 2.45) is 0 Å². The predicted octanol–water partition coefficient (Wildman–Crippen LogP) is 3.75. The van der Waals surface area contributed by atoms with Crippen LogP contribution in [0.3, 0.4) is 0 Å². The summed E-state index contributed by atoms with van der Waals surface area (Å²) in [6, 6.07) is 20.6. The summed E-state index contributed by atoms with van der Waals surface area (Å²) in [5.41, 5.74) is 10.2. The molecule has 4 aromatic rings. The molecule has 6 heteroatoms. The lowest BCUT2D eigenvalue weighted by Gasteiger charge is -2.16. The predicted molar refractivity (Wildman–Crippen MR) is 107 cm³/mol. The first-order chi connectivity index (χ1) is 13.2. The molecule has 1 aliphatic carbocycles. The van der Waals surface area contributed by atoms with E-state index in [2.05, 4.69) is 56.0 Å². The maximum absolute atomic E-state index is 5.89. The number of nitrogens with zero attached hydrogens (tertiary/aromatic N) is 3. The van der Waals surface area contributed by atoms with E-state index in [-0.39, 0.29) is 5.41 Å². The van der Waals surface area contributed by atoms with E-state index in [0.29, 0.717) is 5.82 Å². The number of nitrogen functional groups attached to an aromatic ring is 1. The number of H-pyrrole nitrogens is 1. The van der Waals surface area contributed by atoms with Crippen LogP contribution in [0.5, 0.6) is 0 Å². The van der Waals surface area contributed by atoms with Crippen molar-refractivity contribution >= 4 is 22.5 Å². The van der Waals surface area contributed by atoms with E-state index in [1.807, 2.05) is 30.3 Å². The molecule has 2 aromatic carbocycles. The molecular weight excluding hydrogens is 336 g/mol. The normalized spacial score (nSPS) is 15.0. The molecule has 6 nitrogen and oxygen atoms in total. The van der Waals surface area contributed by atoms with Gasteiger partial charge in [-0.05, 0) is 42.7 Å². The Balaban J connectivity index is 1.32. The zero-order valence-corrected chi connectivity index (χ0v) is 14.8. The fourth-order valence-electron chi connectivity index (χ4n) is 3.54. The maximum Gasteiger partial charge on any atom is 0.153 e. The highest BCUT2D eigenvalue weighted by Crippen LogP contribution is 2.48. The molecule has 4 N–H and O–H groups in total. The molecule has 0 unspecified atom stereocenters. The third-order valence-corrected chi connectivity index (χ3v) is 5.40. The number of nitrogens with two attached hydrogens (primary N) is 1. The summed E-state index contributed by atoms with van der Waals surface area (Å²) in [7, 11) is 0. The minimum Gasteiger partial charge on any atom is -0.382 e. The summed E-state index contributed by atoms with van der Waals surface area (Å²) in [6.07, 6.45) is 2.42. The summed E-state index contributed by atoms with van der Waals surface area (Å²) in [5, 5.41) is 20.0. The molecule has 0 amide bonds. The zero-order valence-electron chi connectivity index (χ0n) is 14.8. The van der Waals surface area contributed by atoms with E-state index >= 15 is 0 Å². The average Bonchev–Trinajstić information content (AvgIpc) is 3.44. The van der Waals surface area contributed by atoms with Crippen LogP contribution in [-0.2, 0) is 5.41 Å². The Morgan fingerprint density at radius 2 is 1.85 bits per heavy atom. The second-order valence-electron chi connectivity index (χ2n) is 7.17. The monoisotopic (exact) mass is 356 g/mol. The number of benzene rings is 2. The van der Waals surface area contributed by atoms with Crippen LogP contribution in [0.2, 0.25) is 0 Å². The van der Waals surface area contributed by atoms with Gasteiger partial charge in [0.1, 0.15) is 5.82 Å². The number of hydrogen-bond acceptors (Lipinski definition) is 5. The van der Waals surface area contributed by atoms with Crippen molar-refractivity contribution in [3.05, 3.63) is 66.2 Å². The molecule has 0 atom stereocenters. The van der Waals surface area contributed by atoms with Gasteiger partial charge in [-0.3, -0.25) is 5.10 Å². The molecular formula is C21H20N6. The quantitative estimate of drug-likeness (QED) is 0.506. The third kappa shape index (κ3) is 2.89. The molecule has 5 rings (SSSR count). The lowest BCUT2D eigenvalue weighted by atomic mass is 9.96. The van der Waals surface area contributed by atoms with Gasteiger partial charge in [-0.25, -0.2) is 0 Å². The van der Waals surface area contributed by atoms with Crippen LogP contribution in [0, 0.1) is 0 Å². The van der Waals surface area contributed by atoms with Gasteiger partial charge >= 0.3 is 0 Å². The van der Waals surface area contributed by atoms with Gasteiger partial charge in [0.2, 0.25) is 0 Å². The molecule has 0 radical (unpaired) electrons. The fraction of sp³-hybridized carbons (Fsp3) is 0.190. The van der Waals surface area contributed by atoms with Crippen LogP contribution in [-0.4, -0.2) is 26.9 Å². The second-order valence-corrected chi connectivity index (χ2v) is 7.17. The molecule has 0 aliphatic heterocycles. The zero-order chi connectivity index (χ0) is 18.3. The maximum atomic E-state index is 5.89. The first kappa shape index (κ1) is 15.8. The molecule has 1 fully saturated rings. The van der Waals surface area contributed by atoms with E-state index in [1.54, 1.807) is 0 Å². The number of anilines is 2. The number of aromatic nitrogens is 4. The van der Waals surface area contributed by atoms with Crippen molar-refractivity contribution < 1.29 is 0 Å². The van der Waals surface area contributed by atoms with Gasteiger partial charge in [-0.1, -0.05) is 36.4 Å². The van der Waals surface area contributed by atoms with Gasteiger partial charge < -0.3 is 11.1 Å². The Morgan fingerprint density at radius 1 is 1.00 bits per heavy atom. The van der Waals surface area contributed by atoms with Gasteiger partial charge in [0.25, 0.3) is 0 Å². The molecule has 134 valence electrons. The topological polar surface area (TPSA) is 92.5 Å². The summed E-state index contributed by atoms with van der Waals surface area (Å²) < 4.78 is 0. The minimum atomic E-state index is 0.242. The van der Waals surface area contributed by atoms with Crippen molar-refractivity contribution in [2.45, 2.75) is 18.3 Å². The van der Waals surface area contributed by atoms with E-state index in [0.717, 1.165) is 34.5 Å². The van der Waals surface area contributed by atoms with E-state index < -0.39 is 0 Å². The van der Waals surface area contributed by atoms with Crippen molar-refractivity contribution in [2.75, 3.05) is 17.6 Å². The number of fused-ring (bicyclic) bond motifs is 1. The highest BCUT2D eigenvalue weighted by atomic mass is 15.2. The van der Waals surface area contributed by atoms with Crippen molar-refractivity contribution in [3.63, 3.8) is 0 Å². The van der Waals surface area contributed by atoms with Gasteiger partial charge in [0.15, 0.2) is 5.82 Å². The highest BCUT2D eigenvalue weighted by molar-refractivity contribution is 5.91. The SMILES string of the molecule is Nc1n[nH]c2ccc(-c3ccc(NCC4(c5ccccc5)CC4)nn3)cc12. The molecule has 0 bridgehead atoms. The smallest absolute Gasteiger partial charge is 0.153 e. The first-order valence-corrected chi connectivity index (χ1v) is 9.11. The van der Waals surface area contributed by atoms with Crippen LogP contribution in [0.15, 0.2) is 60.7 Å². The van der Waals surface area contributed by atoms with Crippen molar-refractivity contribution in [3.8, 4) is 11.3 Å². The van der Waals surface area contributed by atoms with E-state index in [4.69, 9.17) is 5.73 Å². The summed E-state index contributed by atoms with van der Waals surface area (Å²) in [6.45, 7) is 0.878. The average molecular weight is 356 g/mol. The summed E-state index contributed by atoms with van der Waals surface area (Å²) in [5.74, 6) is 1.29. The Hall–Kier alpha value is -3.41. The molecule has 0 spiro atoms. The van der Waals surface area contributed by atoms with Gasteiger partial charge in [-0.2, -0.15) is 5.10 Å². The summed E-state index contributed by atoms with van der Waals surface area (Å²) in [4.78, 5) is 0. The second kappa shape index (κ2) is 6.09. The Bertz CT molecular complexity index is 1080. The highest BCUT2D eigenvalue weighted by Gasteiger charge is 2.43. The van der Waals surface area contributed by atoms with Crippen LogP contribution >= 0.6 is 0 Å². The standard InChI is InChI=1S/C21H20N6/c22-20-16-12-14(6-7-18(16)25-27-20)17-8-9-19(26-24-17)23-13-21(10-11-21)15-4-2-1-3-5-15/h1-9,12H,10-11,13H2,(H,23,26)(H3,22,25,27). The number of rotatable bonds is 5. The van der Waals surface area contributed by atoms with Gasteiger partial charge in [0, 0.05) is 22.9 Å². The lowest BCUT2D eigenvalue weighted by Crippen LogP contribution is -2.20.